The highest BCUT2D eigenvalue weighted by Gasteiger charge is 2.35. The summed E-state index contributed by atoms with van der Waals surface area (Å²) in [4.78, 5) is 1.99. The second kappa shape index (κ2) is 8.16. The maximum Gasteiger partial charge on any atom is 0.433 e. The highest BCUT2D eigenvalue weighted by atomic mass is 32.2. The number of hydrogen-bond donors (Lipinski definition) is 3. The zero-order valence-corrected chi connectivity index (χ0v) is 19.6. The first-order valence-corrected chi connectivity index (χ1v) is 12.3. The molecule has 0 atom stereocenters. The number of hydrogen-bond acceptors (Lipinski definition) is 7. The van der Waals surface area contributed by atoms with E-state index in [9.17, 15) is 21.6 Å². The summed E-state index contributed by atoms with van der Waals surface area (Å²) < 4.78 is 73.2. The van der Waals surface area contributed by atoms with E-state index in [0.29, 0.717) is 39.1 Å². The van der Waals surface area contributed by atoms with Crippen LogP contribution in [0.15, 0.2) is 63.4 Å². The number of rotatable bonds is 5. The zero-order valence-electron chi connectivity index (χ0n) is 17.9. The van der Waals surface area contributed by atoms with Crippen molar-refractivity contribution >= 4 is 44.5 Å². The van der Waals surface area contributed by atoms with E-state index in [1.165, 1.54) is 25.4 Å². The van der Waals surface area contributed by atoms with Crippen LogP contribution in [0.5, 0.6) is 0 Å². The van der Waals surface area contributed by atoms with Gasteiger partial charge in [0, 0.05) is 18.4 Å². The monoisotopic (exact) mass is 522 g/mol. The number of benzene rings is 1. The van der Waals surface area contributed by atoms with Gasteiger partial charge in [0.1, 0.15) is 21.4 Å². The molecule has 1 aliphatic heterocycles. The van der Waals surface area contributed by atoms with Crippen LogP contribution in [0.2, 0.25) is 0 Å². The van der Waals surface area contributed by atoms with Crippen LogP contribution in [0.25, 0.3) is 10.6 Å². The predicted octanol–water partition coefficient (Wildman–Crippen LogP) is 4.78. The number of anilines is 3. The number of aryl methyl sites for hydroxylation is 1. The van der Waals surface area contributed by atoms with E-state index < -0.39 is 21.9 Å². The number of sulfonamides is 1. The Hall–Kier alpha value is -3.78. The van der Waals surface area contributed by atoms with Gasteiger partial charge in [0.25, 0.3) is 10.0 Å². The Morgan fingerprint density at radius 3 is 2.60 bits per heavy atom. The first kappa shape index (κ1) is 23.0. The van der Waals surface area contributed by atoms with Gasteiger partial charge in [-0.05, 0) is 48.5 Å². The number of aromatic nitrogens is 2. The highest BCUT2D eigenvalue weighted by molar-refractivity contribution is 7.94. The number of nitrogens with one attached hydrogen (secondary N) is 3. The van der Waals surface area contributed by atoms with Crippen molar-refractivity contribution in [3.63, 3.8) is 0 Å². The molecule has 4 heterocycles. The molecule has 9 nitrogen and oxygen atoms in total. The lowest BCUT2D eigenvalue weighted by Crippen LogP contribution is -2.39. The van der Waals surface area contributed by atoms with Gasteiger partial charge in [0.05, 0.1) is 23.4 Å². The average molecular weight is 523 g/mol. The number of fused-ring (bicyclic) bond motifs is 1. The van der Waals surface area contributed by atoms with Crippen LogP contribution >= 0.6 is 11.3 Å². The summed E-state index contributed by atoms with van der Waals surface area (Å²) in [5, 5.41) is 15.3. The third kappa shape index (κ3) is 4.25. The third-order valence-corrected chi connectivity index (χ3v) is 8.27. The number of alkyl halides is 3. The molecular formula is C21H17F3N6O3S2. The molecule has 0 amide bonds. The quantitative estimate of drug-likeness (QED) is 0.348. The molecule has 0 fully saturated rings. The van der Waals surface area contributed by atoms with Gasteiger partial charge in [-0.3, -0.25) is 14.8 Å². The van der Waals surface area contributed by atoms with Gasteiger partial charge in [-0.25, -0.2) is 8.42 Å². The van der Waals surface area contributed by atoms with E-state index in [-0.39, 0.29) is 15.7 Å². The molecule has 35 heavy (non-hydrogen) atoms. The van der Waals surface area contributed by atoms with Crippen molar-refractivity contribution in [2.45, 2.75) is 10.4 Å². The lowest BCUT2D eigenvalue weighted by atomic mass is 10.2. The van der Waals surface area contributed by atoms with Crippen molar-refractivity contribution in [1.29, 1.82) is 5.41 Å². The topological polar surface area (TPSA) is 116 Å². The van der Waals surface area contributed by atoms with E-state index in [2.05, 4.69) is 15.1 Å². The lowest BCUT2D eigenvalue weighted by molar-refractivity contribution is -0.143. The summed E-state index contributed by atoms with van der Waals surface area (Å²) in [6.07, 6.45) is -3.07. The second-order valence-electron chi connectivity index (χ2n) is 7.58. The molecule has 0 aliphatic carbocycles. The van der Waals surface area contributed by atoms with Crippen LogP contribution in [-0.2, 0) is 23.2 Å². The summed E-state index contributed by atoms with van der Waals surface area (Å²) in [5.74, 6) is 0.765. The summed E-state index contributed by atoms with van der Waals surface area (Å²) in [5.41, 5.74) is 0.691. The molecule has 0 saturated carbocycles. The number of halogens is 3. The molecule has 0 unspecified atom stereocenters. The Labute approximate surface area is 201 Å². The van der Waals surface area contributed by atoms with Crippen molar-refractivity contribution in [2.24, 2.45) is 7.05 Å². The molecule has 0 spiro atoms. The van der Waals surface area contributed by atoms with Crippen LogP contribution in [0.3, 0.4) is 0 Å². The summed E-state index contributed by atoms with van der Waals surface area (Å²) in [6.45, 7) is 0.311. The first-order chi connectivity index (χ1) is 16.5. The fourth-order valence-corrected chi connectivity index (χ4v) is 5.92. The van der Waals surface area contributed by atoms with E-state index >= 15 is 0 Å². The molecular weight excluding hydrogens is 505 g/mol. The van der Waals surface area contributed by atoms with E-state index in [0.717, 1.165) is 17.4 Å². The molecule has 1 aliphatic rings. The molecule has 1 aromatic carbocycles. The SMILES string of the molecule is Cn1nc(-c2ccc(S(=O)(=O)Nc3ccc(N4CNc5occc5C4=N)cc3)s2)cc1C(F)(F)F. The van der Waals surface area contributed by atoms with E-state index in [4.69, 9.17) is 9.83 Å². The average Bonchev–Trinajstić information content (AvgIpc) is 3.53. The fourth-order valence-electron chi connectivity index (χ4n) is 3.60. The molecule has 0 radical (unpaired) electrons. The normalized spacial score (nSPS) is 14.1. The predicted molar refractivity (Wildman–Crippen MR) is 125 cm³/mol. The molecule has 14 heteroatoms. The second-order valence-corrected chi connectivity index (χ2v) is 10.6. The highest BCUT2D eigenvalue weighted by Crippen LogP contribution is 2.36. The van der Waals surface area contributed by atoms with Crippen molar-refractivity contribution in [3.8, 4) is 10.6 Å². The third-order valence-electron chi connectivity index (χ3n) is 5.29. The molecule has 5 rings (SSSR count). The Morgan fingerprint density at radius 2 is 1.91 bits per heavy atom. The van der Waals surface area contributed by atoms with Gasteiger partial charge in [-0.1, -0.05) is 0 Å². The van der Waals surface area contributed by atoms with Crippen LogP contribution in [0.1, 0.15) is 11.3 Å². The van der Waals surface area contributed by atoms with Crippen molar-refractivity contribution in [3.05, 3.63) is 66.1 Å². The molecule has 4 aromatic rings. The minimum atomic E-state index is -4.57. The van der Waals surface area contributed by atoms with Gasteiger partial charge in [-0.2, -0.15) is 18.3 Å². The van der Waals surface area contributed by atoms with Crippen LogP contribution in [0, 0.1) is 5.41 Å². The van der Waals surface area contributed by atoms with Gasteiger partial charge in [0.15, 0.2) is 0 Å². The Kier molecular flexibility index (Phi) is 5.36. The minimum absolute atomic E-state index is 0.0361. The molecule has 3 aromatic heterocycles. The Balaban J connectivity index is 1.32. The van der Waals surface area contributed by atoms with Gasteiger partial charge in [0.2, 0.25) is 5.88 Å². The maximum absolute atomic E-state index is 13.0. The van der Waals surface area contributed by atoms with Crippen LogP contribution < -0.4 is 14.9 Å². The standard InChI is InChI=1S/C21H17F3N6O3S2/c1-29-17(21(22,23)24)10-15(27-29)16-6-7-18(34-16)35(31,32)28-12-2-4-13(5-3-12)30-11-26-20-14(19(30)25)8-9-33-20/h2-10,25-26,28H,11H2,1H3. The van der Waals surface area contributed by atoms with Gasteiger partial charge < -0.3 is 14.6 Å². The number of amidine groups is 1. The van der Waals surface area contributed by atoms with E-state index in [1.54, 1.807) is 35.2 Å². The van der Waals surface area contributed by atoms with Gasteiger partial charge in [-0.15, -0.1) is 11.3 Å². The van der Waals surface area contributed by atoms with E-state index in [1.807, 2.05) is 0 Å². The molecule has 0 bridgehead atoms. The lowest BCUT2D eigenvalue weighted by Gasteiger charge is -2.29. The first-order valence-electron chi connectivity index (χ1n) is 10.0. The van der Waals surface area contributed by atoms with Gasteiger partial charge >= 0.3 is 6.18 Å². The Bertz CT molecular complexity index is 1520. The summed E-state index contributed by atoms with van der Waals surface area (Å²) in [6, 6.07) is 11.8. The summed E-state index contributed by atoms with van der Waals surface area (Å²) >= 11 is 0.818. The van der Waals surface area contributed by atoms with Crippen LogP contribution in [0.4, 0.5) is 30.4 Å². The molecule has 182 valence electrons. The largest absolute Gasteiger partial charge is 0.448 e. The maximum atomic E-state index is 13.0. The van der Waals surface area contributed by atoms with Crippen molar-refractivity contribution in [2.75, 3.05) is 21.6 Å². The number of nitrogens with zero attached hydrogens (tertiary/aromatic N) is 3. The number of furan rings is 1. The van der Waals surface area contributed by atoms with Crippen molar-refractivity contribution < 1.29 is 26.0 Å². The van der Waals surface area contributed by atoms with Crippen LogP contribution in [-0.4, -0.2) is 30.7 Å². The summed E-state index contributed by atoms with van der Waals surface area (Å²) in [7, 11) is -2.80. The number of thiophene rings is 1. The molecule has 3 N–H and O–H groups in total. The minimum Gasteiger partial charge on any atom is -0.448 e. The zero-order chi connectivity index (χ0) is 25.0. The fraction of sp³-hybridized carbons (Fsp3) is 0.143. The Morgan fingerprint density at radius 1 is 1.17 bits per heavy atom. The van der Waals surface area contributed by atoms with Crippen molar-refractivity contribution in [1.82, 2.24) is 9.78 Å². The molecule has 0 saturated heterocycles. The smallest absolute Gasteiger partial charge is 0.433 e.